The second kappa shape index (κ2) is 5.95. The molecular weight excluding hydrogens is 268 g/mol. The lowest BCUT2D eigenvalue weighted by Gasteiger charge is -2.14. The van der Waals surface area contributed by atoms with Crippen LogP contribution in [0.2, 0.25) is 0 Å². The summed E-state index contributed by atoms with van der Waals surface area (Å²) in [6.07, 6.45) is -0.634. The van der Waals surface area contributed by atoms with Crippen molar-refractivity contribution in [2.45, 2.75) is 19.6 Å². The van der Waals surface area contributed by atoms with Gasteiger partial charge in [-0.1, -0.05) is 30.7 Å². The summed E-state index contributed by atoms with van der Waals surface area (Å²) in [4.78, 5) is 19.0. The van der Waals surface area contributed by atoms with E-state index < -0.39 is 12.0 Å². The number of aliphatic hydroxyl groups excluding tert-OH is 1. The lowest BCUT2D eigenvalue weighted by Crippen LogP contribution is -2.29. The fourth-order valence-corrected chi connectivity index (χ4v) is 1.75. The van der Waals surface area contributed by atoms with Crippen LogP contribution in [0.15, 0.2) is 34.3 Å². The van der Waals surface area contributed by atoms with Crippen molar-refractivity contribution in [3.8, 4) is 5.75 Å². The lowest BCUT2D eigenvalue weighted by molar-refractivity contribution is -0.119. The van der Waals surface area contributed by atoms with Crippen LogP contribution in [0.3, 0.4) is 0 Å². The average Bonchev–Trinajstić information content (AvgIpc) is 2.42. The maximum absolute atomic E-state index is 11.3. The Morgan fingerprint density at radius 3 is 2.84 bits per heavy atom. The number of carbonyl (C=O) groups excluding carboxylic acids is 1. The molecule has 0 saturated heterocycles. The standard InChI is InChI=1S/C13H13ClN2O3/c1-2-7-19-9-6-4-3-5-8(9)12-15-11(14)10(17)13(18)16-12/h3-6,13,18H,2,7H2,1H3. The van der Waals surface area contributed by atoms with E-state index in [0.29, 0.717) is 17.9 Å². The molecule has 1 N–H and O–H groups in total. The van der Waals surface area contributed by atoms with Crippen molar-refractivity contribution >= 4 is 28.4 Å². The molecule has 0 amide bonds. The van der Waals surface area contributed by atoms with Crippen LogP contribution >= 0.6 is 11.6 Å². The minimum absolute atomic E-state index is 0.198. The summed E-state index contributed by atoms with van der Waals surface area (Å²) in [5, 5.41) is 9.23. The van der Waals surface area contributed by atoms with E-state index in [9.17, 15) is 9.90 Å². The van der Waals surface area contributed by atoms with Gasteiger partial charge in [-0.15, -0.1) is 0 Å². The molecule has 1 aromatic carbocycles. The number of ether oxygens (including phenoxy) is 1. The number of carbonyl (C=O) groups is 1. The van der Waals surface area contributed by atoms with Gasteiger partial charge in [0.15, 0.2) is 11.0 Å². The van der Waals surface area contributed by atoms with E-state index >= 15 is 0 Å². The van der Waals surface area contributed by atoms with Gasteiger partial charge in [0, 0.05) is 0 Å². The number of ketones is 1. The number of Topliss-reactive ketones (excluding diaryl/α,β-unsaturated/α-hetero) is 1. The van der Waals surface area contributed by atoms with Gasteiger partial charge < -0.3 is 9.84 Å². The van der Waals surface area contributed by atoms with E-state index in [1.165, 1.54) is 0 Å². The van der Waals surface area contributed by atoms with Crippen LogP contribution in [0.5, 0.6) is 5.75 Å². The molecule has 19 heavy (non-hydrogen) atoms. The Bertz CT molecular complexity index is 555. The van der Waals surface area contributed by atoms with E-state index in [1.807, 2.05) is 13.0 Å². The minimum Gasteiger partial charge on any atom is -0.493 e. The molecule has 0 spiro atoms. The Morgan fingerprint density at radius 1 is 1.42 bits per heavy atom. The number of para-hydroxylation sites is 1. The van der Waals surface area contributed by atoms with Crippen molar-refractivity contribution in [3.63, 3.8) is 0 Å². The molecule has 100 valence electrons. The smallest absolute Gasteiger partial charge is 0.243 e. The molecule has 1 aliphatic heterocycles. The zero-order chi connectivity index (χ0) is 13.8. The van der Waals surface area contributed by atoms with Gasteiger partial charge >= 0.3 is 0 Å². The molecule has 0 radical (unpaired) electrons. The van der Waals surface area contributed by atoms with Crippen LogP contribution in [0.1, 0.15) is 18.9 Å². The molecule has 0 bridgehead atoms. The van der Waals surface area contributed by atoms with E-state index in [0.717, 1.165) is 6.42 Å². The Hall–Kier alpha value is -1.72. The molecule has 6 heteroatoms. The summed E-state index contributed by atoms with van der Waals surface area (Å²) in [5.41, 5.74) is 0.598. The molecule has 1 unspecified atom stereocenters. The van der Waals surface area contributed by atoms with Crippen LogP contribution < -0.4 is 4.74 Å². The highest BCUT2D eigenvalue weighted by Gasteiger charge is 2.26. The molecule has 1 aliphatic rings. The first-order valence-electron chi connectivity index (χ1n) is 5.90. The van der Waals surface area contributed by atoms with Gasteiger partial charge in [0.05, 0.1) is 12.2 Å². The molecule has 0 aliphatic carbocycles. The van der Waals surface area contributed by atoms with E-state index in [4.69, 9.17) is 16.3 Å². The zero-order valence-electron chi connectivity index (χ0n) is 10.3. The number of halogens is 1. The summed E-state index contributed by atoms with van der Waals surface area (Å²) >= 11 is 5.68. The van der Waals surface area contributed by atoms with Crippen LogP contribution in [0.25, 0.3) is 0 Å². The first-order valence-corrected chi connectivity index (χ1v) is 6.27. The highest BCUT2D eigenvalue weighted by Crippen LogP contribution is 2.22. The van der Waals surface area contributed by atoms with E-state index in [-0.39, 0.29) is 11.0 Å². The number of aliphatic imine (C=N–C) groups is 2. The molecular formula is C13H13ClN2O3. The van der Waals surface area contributed by atoms with Crippen molar-refractivity contribution in [2.24, 2.45) is 9.98 Å². The maximum Gasteiger partial charge on any atom is 0.243 e. The van der Waals surface area contributed by atoms with Gasteiger partial charge in [-0.05, 0) is 18.6 Å². The largest absolute Gasteiger partial charge is 0.493 e. The van der Waals surface area contributed by atoms with E-state index in [1.54, 1.807) is 18.2 Å². The van der Waals surface area contributed by atoms with Crippen LogP contribution in [-0.2, 0) is 4.79 Å². The normalized spacial score (nSPS) is 18.9. The van der Waals surface area contributed by atoms with Gasteiger partial charge in [0.25, 0.3) is 0 Å². The Labute approximate surface area is 115 Å². The first-order chi connectivity index (χ1) is 9.13. The van der Waals surface area contributed by atoms with Crippen LogP contribution in [0.4, 0.5) is 0 Å². The molecule has 1 atom stereocenters. The van der Waals surface area contributed by atoms with Crippen LogP contribution in [-0.4, -0.2) is 34.7 Å². The van der Waals surface area contributed by atoms with Crippen molar-refractivity contribution in [3.05, 3.63) is 29.8 Å². The summed E-state index contributed by atoms with van der Waals surface area (Å²) in [6, 6.07) is 7.15. The third-order valence-corrected chi connectivity index (χ3v) is 2.75. The van der Waals surface area contributed by atoms with E-state index in [2.05, 4.69) is 9.98 Å². The average molecular weight is 281 g/mol. The number of aliphatic hydroxyl groups is 1. The number of nitrogens with zero attached hydrogens (tertiary/aromatic N) is 2. The number of benzene rings is 1. The monoisotopic (exact) mass is 280 g/mol. The van der Waals surface area contributed by atoms with Crippen molar-refractivity contribution in [1.29, 1.82) is 0 Å². The predicted molar refractivity (Wildman–Crippen MR) is 73.1 cm³/mol. The fraction of sp³-hybridized carbons (Fsp3) is 0.308. The van der Waals surface area contributed by atoms with Crippen molar-refractivity contribution in [2.75, 3.05) is 6.61 Å². The fourth-order valence-electron chi connectivity index (χ4n) is 1.58. The number of hydrogen-bond donors (Lipinski definition) is 1. The Morgan fingerprint density at radius 2 is 2.16 bits per heavy atom. The van der Waals surface area contributed by atoms with Gasteiger partial charge in [-0.3, -0.25) is 4.79 Å². The minimum atomic E-state index is -1.50. The van der Waals surface area contributed by atoms with Gasteiger partial charge in [0.2, 0.25) is 12.0 Å². The molecule has 0 saturated carbocycles. The molecule has 0 fully saturated rings. The second-order valence-corrected chi connectivity index (χ2v) is 4.30. The molecule has 1 aromatic rings. The second-order valence-electron chi connectivity index (χ2n) is 3.94. The summed E-state index contributed by atoms with van der Waals surface area (Å²) in [5.74, 6) is 0.0963. The highest BCUT2D eigenvalue weighted by atomic mass is 35.5. The molecule has 0 aromatic heterocycles. The summed E-state index contributed by atoms with van der Waals surface area (Å²) in [7, 11) is 0. The molecule has 1 heterocycles. The van der Waals surface area contributed by atoms with Crippen LogP contribution in [0, 0.1) is 0 Å². The topological polar surface area (TPSA) is 71.2 Å². The Kier molecular flexibility index (Phi) is 4.29. The third kappa shape index (κ3) is 3.00. The predicted octanol–water partition coefficient (Wildman–Crippen LogP) is 1.76. The molecule has 2 rings (SSSR count). The number of hydrogen-bond acceptors (Lipinski definition) is 5. The van der Waals surface area contributed by atoms with Gasteiger partial charge in [0.1, 0.15) is 5.75 Å². The number of amidine groups is 1. The number of rotatable bonds is 4. The summed E-state index contributed by atoms with van der Waals surface area (Å²) < 4.78 is 5.58. The zero-order valence-corrected chi connectivity index (χ0v) is 11.1. The van der Waals surface area contributed by atoms with Gasteiger partial charge in [-0.25, -0.2) is 9.98 Å². The van der Waals surface area contributed by atoms with Crippen molar-refractivity contribution in [1.82, 2.24) is 0 Å². The van der Waals surface area contributed by atoms with Crippen molar-refractivity contribution < 1.29 is 14.6 Å². The van der Waals surface area contributed by atoms with Gasteiger partial charge in [-0.2, -0.15) is 0 Å². The molecule has 5 nitrogen and oxygen atoms in total. The lowest BCUT2D eigenvalue weighted by atomic mass is 10.1. The Balaban J connectivity index is 2.37. The summed E-state index contributed by atoms with van der Waals surface area (Å²) in [6.45, 7) is 2.56. The maximum atomic E-state index is 11.3. The quantitative estimate of drug-likeness (QED) is 0.913. The third-order valence-electron chi connectivity index (χ3n) is 2.48. The SMILES string of the molecule is CCCOc1ccccc1C1=NC(O)C(=O)C(Cl)=N1. The first kappa shape index (κ1) is 13.7. The highest BCUT2D eigenvalue weighted by molar-refractivity contribution is 6.84.